The van der Waals surface area contributed by atoms with E-state index in [0.29, 0.717) is 29.1 Å². The van der Waals surface area contributed by atoms with Gasteiger partial charge in [0.25, 0.3) is 0 Å². The monoisotopic (exact) mass is 515 g/mol. The van der Waals surface area contributed by atoms with Crippen molar-refractivity contribution in [1.82, 2.24) is 25.2 Å². The second kappa shape index (κ2) is 10.8. The van der Waals surface area contributed by atoms with Crippen molar-refractivity contribution < 1.29 is 9.47 Å². The van der Waals surface area contributed by atoms with Crippen LogP contribution in [0.5, 0.6) is 11.5 Å². The van der Waals surface area contributed by atoms with E-state index in [-0.39, 0.29) is 5.95 Å². The molecule has 0 spiro atoms. The number of benzene rings is 2. The van der Waals surface area contributed by atoms with Gasteiger partial charge in [0, 0.05) is 38.3 Å². The topological polar surface area (TPSA) is 102 Å². The van der Waals surface area contributed by atoms with Gasteiger partial charge < -0.3 is 30.3 Å². The number of thiocarbonyl (C=S) groups is 1. The van der Waals surface area contributed by atoms with E-state index in [2.05, 4.69) is 37.2 Å². The molecule has 0 unspecified atom stereocenters. The van der Waals surface area contributed by atoms with Gasteiger partial charge in [-0.1, -0.05) is 30.3 Å². The molecule has 190 valence electrons. The van der Waals surface area contributed by atoms with Crippen LogP contribution < -0.4 is 25.4 Å². The zero-order valence-electron chi connectivity index (χ0n) is 20.8. The average Bonchev–Trinajstić information content (AvgIpc) is 2.95. The maximum absolute atomic E-state index is 6.07. The number of ether oxygens (including phenoxy) is 2. The molecular formula is C27H29N7O2S. The number of nitrogen functional groups attached to an aromatic ring is 1. The van der Waals surface area contributed by atoms with Crippen molar-refractivity contribution in [2.45, 2.75) is 6.54 Å². The van der Waals surface area contributed by atoms with Gasteiger partial charge in [0.15, 0.2) is 22.4 Å². The van der Waals surface area contributed by atoms with Crippen LogP contribution in [0.25, 0.3) is 22.3 Å². The van der Waals surface area contributed by atoms with E-state index >= 15 is 0 Å². The fourth-order valence-corrected chi connectivity index (χ4v) is 4.65. The number of pyridine rings is 1. The molecule has 2 aromatic heterocycles. The van der Waals surface area contributed by atoms with Crippen molar-refractivity contribution in [1.29, 1.82) is 0 Å². The average molecular weight is 516 g/mol. The summed E-state index contributed by atoms with van der Waals surface area (Å²) in [6, 6.07) is 19.8. The minimum atomic E-state index is 0.227. The van der Waals surface area contributed by atoms with Crippen LogP contribution >= 0.6 is 12.2 Å². The minimum Gasteiger partial charge on any atom is -0.493 e. The van der Waals surface area contributed by atoms with E-state index in [1.54, 1.807) is 14.2 Å². The lowest BCUT2D eigenvalue weighted by Gasteiger charge is -2.37. The molecule has 0 amide bonds. The summed E-state index contributed by atoms with van der Waals surface area (Å²) in [5, 5.41) is 4.12. The third-order valence-corrected chi connectivity index (χ3v) is 6.78. The Bertz CT molecular complexity index is 1410. The van der Waals surface area contributed by atoms with Gasteiger partial charge in [0.2, 0.25) is 5.95 Å². The van der Waals surface area contributed by atoms with Crippen LogP contribution in [0.2, 0.25) is 0 Å². The van der Waals surface area contributed by atoms with Gasteiger partial charge >= 0.3 is 0 Å². The summed E-state index contributed by atoms with van der Waals surface area (Å²) in [6.07, 6.45) is 0. The van der Waals surface area contributed by atoms with E-state index in [9.17, 15) is 0 Å². The van der Waals surface area contributed by atoms with Crippen LogP contribution in [0, 0.1) is 0 Å². The molecule has 2 aromatic carbocycles. The molecule has 0 bridgehead atoms. The van der Waals surface area contributed by atoms with Crippen molar-refractivity contribution >= 4 is 40.1 Å². The quantitative estimate of drug-likeness (QED) is 0.371. The van der Waals surface area contributed by atoms with Crippen LogP contribution in [0.15, 0.2) is 60.7 Å². The molecule has 1 aliphatic rings. The van der Waals surface area contributed by atoms with Crippen LogP contribution in [0.4, 0.5) is 11.8 Å². The van der Waals surface area contributed by atoms with Gasteiger partial charge in [-0.15, -0.1) is 0 Å². The first-order valence-corrected chi connectivity index (χ1v) is 12.4. The van der Waals surface area contributed by atoms with Crippen molar-refractivity contribution in [2.24, 2.45) is 0 Å². The normalized spacial score (nSPS) is 13.5. The Morgan fingerprint density at radius 3 is 2.41 bits per heavy atom. The Kier molecular flexibility index (Phi) is 7.18. The standard InChI is InChI=1S/C27H29N7O2S/c1-35-22-11-8-19(16-23(22)36-2)20-9-10-21-24(30-20)25(32-26(28)31-21)33-12-14-34(15-13-33)27(37)29-17-18-6-4-3-5-7-18/h3-11,16H,12-15,17H2,1-2H3,(H,29,37)(H2,28,31,32). The molecule has 9 nitrogen and oxygen atoms in total. The zero-order valence-corrected chi connectivity index (χ0v) is 21.7. The molecule has 4 aromatic rings. The van der Waals surface area contributed by atoms with Gasteiger partial charge in [-0.05, 0) is 48.1 Å². The molecule has 1 aliphatic heterocycles. The molecule has 3 N–H and O–H groups in total. The first kappa shape index (κ1) is 24.5. The fraction of sp³-hybridized carbons (Fsp3) is 0.259. The van der Waals surface area contributed by atoms with E-state index in [1.165, 1.54) is 5.56 Å². The predicted octanol–water partition coefficient (Wildman–Crippen LogP) is 3.49. The Labute approximate surface area is 221 Å². The van der Waals surface area contributed by atoms with Gasteiger partial charge in [-0.25, -0.2) is 9.97 Å². The number of methoxy groups -OCH3 is 2. The molecule has 37 heavy (non-hydrogen) atoms. The highest BCUT2D eigenvalue weighted by Gasteiger charge is 2.23. The molecular weight excluding hydrogens is 486 g/mol. The summed E-state index contributed by atoms with van der Waals surface area (Å²) in [5.41, 5.74) is 10.4. The first-order chi connectivity index (χ1) is 18.1. The fourth-order valence-electron chi connectivity index (χ4n) is 4.40. The highest BCUT2D eigenvalue weighted by Crippen LogP contribution is 2.33. The summed E-state index contributed by atoms with van der Waals surface area (Å²) in [4.78, 5) is 18.3. The van der Waals surface area contributed by atoms with Gasteiger partial charge in [-0.2, -0.15) is 4.98 Å². The Morgan fingerprint density at radius 1 is 0.919 bits per heavy atom. The van der Waals surface area contributed by atoms with Crippen LogP contribution in [-0.2, 0) is 6.54 Å². The lowest BCUT2D eigenvalue weighted by molar-refractivity contribution is 0.355. The third-order valence-electron chi connectivity index (χ3n) is 6.37. The van der Waals surface area contributed by atoms with Gasteiger partial charge in [0.1, 0.15) is 5.52 Å². The molecule has 0 radical (unpaired) electrons. The largest absolute Gasteiger partial charge is 0.493 e. The number of rotatable bonds is 6. The van der Waals surface area contributed by atoms with E-state index < -0.39 is 0 Å². The smallest absolute Gasteiger partial charge is 0.222 e. The summed E-state index contributed by atoms with van der Waals surface area (Å²) in [6.45, 7) is 3.71. The van der Waals surface area contributed by atoms with Gasteiger partial charge in [0.05, 0.1) is 25.4 Å². The van der Waals surface area contributed by atoms with E-state index in [4.69, 9.17) is 32.4 Å². The lowest BCUT2D eigenvalue weighted by atomic mass is 10.1. The zero-order chi connectivity index (χ0) is 25.8. The highest BCUT2D eigenvalue weighted by atomic mass is 32.1. The number of nitrogens with zero attached hydrogens (tertiary/aromatic N) is 5. The minimum absolute atomic E-state index is 0.227. The highest BCUT2D eigenvalue weighted by molar-refractivity contribution is 7.80. The number of piperazine rings is 1. The van der Waals surface area contributed by atoms with E-state index in [1.807, 2.05) is 48.5 Å². The predicted molar refractivity (Wildman–Crippen MR) is 150 cm³/mol. The molecule has 1 saturated heterocycles. The summed E-state index contributed by atoms with van der Waals surface area (Å²) >= 11 is 5.65. The first-order valence-electron chi connectivity index (χ1n) is 12.0. The van der Waals surface area contributed by atoms with Crippen LogP contribution in [0.1, 0.15) is 5.56 Å². The maximum atomic E-state index is 6.07. The number of anilines is 2. The van der Waals surface area contributed by atoms with Crippen molar-refractivity contribution in [3.63, 3.8) is 0 Å². The second-order valence-electron chi connectivity index (χ2n) is 8.66. The number of nitrogens with two attached hydrogens (primary N) is 1. The third kappa shape index (κ3) is 5.34. The van der Waals surface area contributed by atoms with Crippen LogP contribution in [0.3, 0.4) is 0 Å². The summed E-state index contributed by atoms with van der Waals surface area (Å²) in [7, 11) is 3.23. The van der Waals surface area contributed by atoms with Crippen molar-refractivity contribution in [2.75, 3.05) is 51.0 Å². The second-order valence-corrected chi connectivity index (χ2v) is 9.04. The maximum Gasteiger partial charge on any atom is 0.222 e. The molecule has 1 fully saturated rings. The van der Waals surface area contributed by atoms with Crippen LogP contribution in [-0.4, -0.2) is 65.4 Å². The molecule has 3 heterocycles. The Hall–Kier alpha value is -4.18. The van der Waals surface area contributed by atoms with Gasteiger partial charge in [-0.3, -0.25) is 0 Å². The molecule has 10 heteroatoms. The number of fused-ring (bicyclic) bond motifs is 1. The SMILES string of the molecule is COc1ccc(-c2ccc3nc(N)nc(N4CCN(C(=S)NCc5ccccc5)CC4)c3n2)cc1OC. The Balaban J connectivity index is 1.35. The molecule has 0 aliphatic carbocycles. The van der Waals surface area contributed by atoms with E-state index in [0.717, 1.165) is 48.4 Å². The number of nitrogens with one attached hydrogen (secondary N) is 1. The van der Waals surface area contributed by atoms with Crippen molar-refractivity contribution in [3.05, 3.63) is 66.2 Å². The summed E-state index contributed by atoms with van der Waals surface area (Å²) in [5.74, 6) is 2.26. The molecule has 0 atom stereocenters. The summed E-state index contributed by atoms with van der Waals surface area (Å²) < 4.78 is 10.8. The van der Waals surface area contributed by atoms with Crippen molar-refractivity contribution in [3.8, 4) is 22.8 Å². The number of hydrogen-bond donors (Lipinski definition) is 2. The Morgan fingerprint density at radius 2 is 1.68 bits per heavy atom. The number of aromatic nitrogens is 3. The molecule has 0 saturated carbocycles. The molecule has 5 rings (SSSR count). The number of hydrogen-bond acceptors (Lipinski definition) is 8. The lowest BCUT2D eigenvalue weighted by Crippen LogP contribution is -2.51.